The average molecular weight is 356 g/mol. The lowest BCUT2D eigenvalue weighted by Crippen LogP contribution is -2.44. The molecule has 0 radical (unpaired) electrons. The third-order valence-electron chi connectivity index (χ3n) is 5.99. The Labute approximate surface area is 155 Å². The topological polar surface area (TPSA) is 49.9 Å². The minimum Gasteiger partial charge on any atom is -0.493 e. The van der Waals surface area contributed by atoms with Crippen LogP contribution in [-0.4, -0.2) is 54.4 Å². The molecule has 0 bridgehead atoms. The summed E-state index contributed by atoms with van der Waals surface area (Å²) in [6.07, 6.45) is 7.19. The highest BCUT2D eigenvalue weighted by Gasteiger charge is 2.31. The number of piperidine rings is 1. The minimum atomic E-state index is 0.0837. The molecule has 0 N–H and O–H groups in total. The van der Waals surface area contributed by atoms with Gasteiger partial charge in [-0.1, -0.05) is 12.8 Å². The number of nitrogens with zero attached hydrogens (tertiary/aromatic N) is 2. The first-order valence-corrected chi connectivity index (χ1v) is 10.1. The lowest BCUT2D eigenvalue weighted by molar-refractivity contribution is -0.136. The number of ether oxygens (including phenoxy) is 1. The van der Waals surface area contributed by atoms with Crippen molar-refractivity contribution in [2.45, 2.75) is 44.9 Å². The predicted molar refractivity (Wildman–Crippen MR) is 99.3 cm³/mol. The van der Waals surface area contributed by atoms with Crippen molar-refractivity contribution in [1.82, 2.24) is 9.80 Å². The highest BCUT2D eigenvalue weighted by molar-refractivity contribution is 5.95. The maximum absolute atomic E-state index is 12.8. The Morgan fingerprint density at radius 1 is 0.923 bits per heavy atom. The summed E-state index contributed by atoms with van der Waals surface area (Å²) in [5, 5.41) is 0. The summed E-state index contributed by atoms with van der Waals surface area (Å²) in [7, 11) is 0. The van der Waals surface area contributed by atoms with E-state index in [0.717, 1.165) is 62.1 Å². The molecule has 0 unspecified atom stereocenters. The second-order valence-electron chi connectivity index (χ2n) is 7.73. The molecule has 0 aromatic heterocycles. The Bertz CT molecular complexity index is 672. The first-order valence-electron chi connectivity index (χ1n) is 10.1. The molecule has 3 aliphatic rings. The fourth-order valence-electron chi connectivity index (χ4n) is 4.38. The van der Waals surface area contributed by atoms with Crippen molar-refractivity contribution < 1.29 is 14.3 Å². The fourth-order valence-corrected chi connectivity index (χ4v) is 4.38. The normalized spacial score (nSPS) is 21.1. The highest BCUT2D eigenvalue weighted by Crippen LogP contribution is 2.28. The summed E-state index contributed by atoms with van der Waals surface area (Å²) in [5.74, 6) is 1.39. The van der Waals surface area contributed by atoms with Crippen molar-refractivity contribution in [3.8, 4) is 5.75 Å². The Hall–Kier alpha value is -2.04. The van der Waals surface area contributed by atoms with Gasteiger partial charge in [-0.15, -0.1) is 0 Å². The molecule has 0 aliphatic carbocycles. The Kier molecular flexibility index (Phi) is 5.14. The molecule has 1 aromatic carbocycles. The van der Waals surface area contributed by atoms with Gasteiger partial charge < -0.3 is 14.5 Å². The fraction of sp³-hybridized carbons (Fsp3) is 0.619. The van der Waals surface area contributed by atoms with Crippen LogP contribution >= 0.6 is 0 Å². The second-order valence-corrected chi connectivity index (χ2v) is 7.73. The molecule has 0 atom stereocenters. The van der Waals surface area contributed by atoms with E-state index in [4.69, 9.17) is 4.74 Å². The zero-order valence-corrected chi connectivity index (χ0v) is 15.4. The second kappa shape index (κ2) is 7.68. The number of carbonyl (C=O) groups is 2. The number of hydrogen-bond acceptors (Lipinski definition) is 3. The van der Waals surface area contributed by atoms with Crippen molar-refractivity contribution in [2.24, 2.45) is 5.92 Å². The van der Waals surface area contributed by atoms with Gasteiger partial charge in [0.1, 0.15) is 5.75 Å². The first-order chi connectivity index (χ1) is 12.7. The molecule has 1 aromatic rings. The van der Waals surface area contributed by atoms with Crippen molar-refractivity contribution in [1.29, 1.82) is 0 Å². The molecule has 2 amide bonds. The van der Waals surface area contributed by atoms with E-state index in [9.17, 15) is 9.59 Å². The number of likely N-dealkylation sites (tertiary alicyclic amines) is 2. The number of carbonyl (C=O) groups excluding carboxylic acids is 2. The van der Waals surface area contributed by atoms with Crippen molar-refractivity contribution in [3.05, 3.63) is 29.3 Å². The molecular formula is C21H28N2O3. The van der Waals surface area contributed by atoms with Gasteiger partial charge in [0.2, 0.25) is 5.91 Å². The summed E-state index contributed by atoms with van der Waals surface area (Å²) in [6.45, 7) is 3.88. The number of amides is 2. The molecule has 3 aliphatic heterocycles. The molecule has 26 heavy (non-hydrogen) atoms. The monoisotopic (exact) mass is 356 g/mol. The van der Waals surface area contributed by atoms with E-state index >= 15 is 0 Å². The lowest BCUT2D eigenvalue weighted by Gasteiger charge is -2.34. The van der Waals surface area contributed by atoms with E-state index in [-0.39, 0.29) is 11.8 Å². The van der Waals surface area contributed by atoms with Gasteiger partial charge in [-0.05, 0) is 49.4 Å². The van der Waals surface area contributed by atoms with Gasteiger partial charge in [-0.3, -0.25) is 9.59 Å². The Morgan fingerprint density at radius 3 is 2.38 bits per heavy atom. The number of benzene rings is 1. The number of fused-ring (bicyclic) bond motifs is 1. The van der Waals surface area contributed by atoms with Crippen LogP contribution in [0.4, 0.5) is 0 Å². The molecule has 140 valence electrons. The molecule has 4 rings (SSSR count). The summed E-state index contributed by atoms with van der Waals surface area (Å²) in [6, 6.07) is 5.74. The highest BCUT2D eigenvalue weighted by atomic mass is 16.5. The van der Waals surface area contributed by atoms with E-state index in [0.29, 0.717) is 25.6 Å². The van der Waals surface area contributed by atoms with Crippen LogP contribution in [0, 0.1) is 5.92 Å². The maximum Gasteiger partial charge on any atom is 0.253 e. The van der Waals surface area contributed by atoms with Crippen molar-refractivity contribution in [3.63, 3.8) is 0 Å². The lowest BCUT2D eigenvalue weighted by atomic mass is 9.94. The van der Waals surface area contributed by atoms with Crippen LogP contribution in [-0.2, 0) is 11.2 Å². The van der Waals surface area contributed by atoms with E-state index in [1.807, 2.05) is 23.1 Å². The average Bonchev–Trinajstić information content (AvgIpc) is 2.99. The zero-order chi connectivity index (χ0) is 17.9. The Morgan fingerprint density at radius 2 is 1.65 bits per heavy atom. The van der Waals surface area contributed by atoms with E-state index in [2.05, 4.69) is 4.90 Å². The van der Waals surface area contributed by atoms with Crippen LogP contribution in [0.1, 0.15) is 54.4 Å². The van der Waals surface area contributed by atoms with Gasteiger partial charge in [-0.2, -0.15) is 0 Å². The van der Waals surface area contributed by atoms with Crippen molar-refractivity contribution >= 4 is 11.8 Å². The van der Waals surface area contributed by atoms with Gasteiger partial charge in [0, 0.05) is 44.1 Å². The van der Waals surface area contributed by atoms with Crippen LogP contribution < -0.4 is 4.74 Å². The van der Waals surface area contributed by atoms with E-state index in [1.165, 1.54) is 12.8 Å². The molecule has 5 nitrogen and oxygen atoms in total. The predicted octanol–water partition coefficient (Wildman–Crippen LogP) is 2.88. The maximum atomic E-state index is 12.8. The Balaban J connectivity index is 1.34. The van der Waals surface area contributed by atoms with Gasteiger partial charge in [0.15, 0.2) is 0 Å². The summed E-state index contributed by atoms with van der Waals surface area (Å²) < 4.78 is 5.52. The van der Waals surface area contributed by atoms with Gasteiger partial charge in [-0.25, -0.2) is 0 Å². The minimum absolute atomic E-state index is 0.0837. The van der Waals surface area contributed by atoms with Crippen molar-refractivity contribution in [2.75, 3.05) is 32.8 Å². The molecule has 5 heteroatoms. The molecule has 2 saturated heterocycles. The quantitative estimate of drug-likeness (QED) is 0.819. The SMILES string of the molecule is O=C(c1ccc2c(c1)CCO2)N1CCC(C(=O)N2CCCCCC2)CC1. The summed E-state index contributed by atoms with van der Waals surface area (Å²) in [5.41, 5.74) is 1.87. The van der Waals surface area contributed by atoms with E-state index < -0.39 is 0 Å². The van der Waals surface area contributed by atoms with Crippen LogP contribution in [0.5, 0.6) is 5.75 Å². The largest absolute Gasteiger partial charge is 0.493 e. The number of hydrogen-bond donors (Lipinski definition) is 0. The third kappa shape index (κ3) is 3.57. The first kappa shape index (κ1) is 17.4. The van der Waals surface area contributed by atoms with Crippen LogP contribution in [0.3, 0.4) is 0 Å². The molecule has 3 heterocycles. The van der Waals surface area contributed by atoms with Gasteiger partial charge in [0.05, 0.1) is 6.61 Å². The van der Waals surface area contributed by atoms with Crippen LogP contribution in [0.2, 0.25) is 0 Å². The summed E-state index contributed by atoms with van der Waals surface area (Å²) >= 11 is 0. The molecule has 0 saturated carbocycles. The smallest absolute Gasteiger partial charge is 0.253 e. The third-order valence-corrected chi connectivity index (χ3v) is 5.99. The van der Waals surface area contributed by atoms with Crippen LogP contribution in [0.15, 0.2) is 18.2 Å². The van der Waals surface area contributed by atoms with Crippen LogP contribution in [0.25, 0.3) is 0 Å². The zero-order valence-electron chi connectivity index (χ0n) is 15.4. The van der Waals surface area contributed by atoms with Gasteiger partial charge >= 0.3 is 0 Å². The van der Waals surface area contributed by atoms with Gasteiger partial charge in [0.25, 0.3) is 5.91 Å². The van der Waals surface area contributed by atoms with E-state index in [1.54, 1.807) is 0 Å². The molecule has 0 spiro atoms. The summed E-state index contributed by atoms with van der Waals surface area (Å²) in [4.78, 5) is 29.6. The molecular weight excluding hydrogens is 328 g/mol. The molecule has 2 fully saturated rings. The number of rotatable bonds is 2. The standard InChI is InChI=1S/C21H28N2O3/c24-20(22-10-3-1-2-4-11-22)16-7-12-23(13-8-16)21(25)18-5-6-19-17(15-18)9-14-26-19/h5-6,15-16H,1-4,7-14H2.